The van der Waals surface area contributed by atoms with Gasteiger partial charge >= 0.3 is 0 Å². The van der Waals surface area contributed by atoms with E-state index in [1.54, 1.807) is 0 Å². The van der Waals surface area contributed by atoms with Crippen LogP contribution in [0.1, 0.15) is 58.3 Å². The highest BCUT2D eigenvalue weighted by atomic mass is 35.5. The lowest BCUT2D eigenvalue weighted by Gasteiger charge is -2.35. The van der Waals surface area contributed by atoms with E-state index in [1.807, 2.05) is 4.90 Å². The van der Waals surface area contributed by atoms with Crippen molar-refractivity contribution in [2.75, 3.05) is 19.6 Å². The van der Waals surface area contributed by atoms with Crippen molar-refractivity contribution >= 4 is 18.3 Å². The van der Waals surface area contributed by atoms with Gasteiger partial charge in [0.2, 0.25) is 5.91 Å². The fourth-order valence-electron chi connectivity index (χ4n) is 3.29. The van der Waals surface area contributed by atoms with E-state index < -0.39 is 0 Å². The Morgan fingerprint density at radius 3 is 2.24 bits per heavy atom. The lowest BCUT2D eigenvalue weighted by atomic mass is 9.88. The molecule has 4 nitrogen and oxygen atoms in total. The van der Waals surface area contributed by atoms with Crippen LogP contribution in [0.3, 0.4) is 0 Å². The van der Waals surface area contributed by atoms with E-state index in [0.29, 0.717) is 25.2 Å². The first-order valence-corrected chi connectivity index (χ1v) is 8.32. The molecule has 0 aromatic rings. The predicted octanol–water partition coefficient (Wildman–Crippen LogP) is 2.73. The Balaban J connectivity index is 0.00000220. The minimum Gasteiger partial charge on any atom is -0.375 e. The van der Waals surface area contributed by atoms with Crippen LogP contribution < -0.4 is 5.73 Å². The number of likely N-dealkylation sites (tertiary alicyclic amines) is 1. The molecule has 0 atom stereocenters. The monoisotopic (exact) mass is 318 g/mol. The lowest BCUT2D eigenvalue weighted by molar-refractivity contribution is -0.135. The zero-order chi connectivity index (χ0) is 14.4. The summed E-state index contributed by atoms with van der Waals surface area (Å²) in [6, 6.07) is 0. The van der Waals surface area contributed by atoms with Crippen LogP contribution in [0.15, 0.2) is 0 Å². The van der Waals surface area contributed by atoms with Crippen LogP contribution in [0.4, 0.5) is 0 Å². The summed E-state index contributed by atoms with van der Waals surface area (Å²) in [4.78, 5) is 13.9. The Hall–Kier alpha value is -0.320. The highest BCUT2D eigenvalue weighted by Gasteiger charge is 2.26. The van der Waals surface area contributed by atoms with Crippen molar-refractivity contribution in [2.45, 2.75) is 70.5 Å². The van der Waals surface area contributed by atoms with Crippen LogP contribution in [0, 0.1) is 5.92 Å². The minimum atomic E-state index is 0. The molecule has 2 fully saturated rings. The van der Waals surface area contributed by atoms with Gasteiger partial charge in [-0.1, -0.05) is 6.92 Å². The first-order chi connectivity index (χ1) is 9.69. The summed E-state index contributed by atoms with van der Waals surface area (Å²) >= 11 is 0. The van der Waals surface area contributed by atoms with Gasteiger partial charge < -0.3 is 15.4 Å². The average Bonchev–Trinajstić information content (AvgIpc) is 2.48. The van der Waals surface area contributed by atoms with Crippen molar-refractivity contribution < 1.29 is 9.53 Å². The second kappa shape index (κ2) is 9.65. The maximum absolute atomic E-state index is 11.9. The zero-order valence-corrected chi connectivity index (χ0v) is 14.1. The van der Waals surface area contributed by atoms with E-state index in [2.05, 4.69) is 6.92 Å². The predicted molar refractivity (Wildman–Crippen MR) is 87.6 cm³/mol. The van der Waals surface area contributed by atoms with Gasteiger partial charge in [-0.15, -0.1) is 12.4 Å². The van der Waals surface area contributed by atoms with Gasteiger partial charge in [0.05, 0.1) is 12.2 Å². The van der Waals surface area contributed by atoms with Crippen molar-refractivity contribution in [1.82, 2.24) is 4.90 Å². The van der Waals surface area contributed by atoms with E-state index in [1.165, 1.54) is 25.7 Å². The van der Waals surface area contributed by atoms with Crippen molar-refractivity contribution in [1.29, 1.82) is 0 Å². The fraction of sp³-hybridized carbons (Fsp3) is 0.938. The Bertz CT molecular complexity index is 299. The molecule has 124 valence electrons. The maximum atomic E-state index is 11.9. The summed E-state index contributed by atoms with van der Waals surface area (Å²) in [6.45, 7) is 4.65. The largest absolute Gasteiger partial charge is 0.375 e. The third-order valence-electron chi connectivity index (χ3n) is 4.74. The summed E-state index contributed by atoms with van der Waals surface area (Å²) in [5.41, 5.74) is 5.45. The van der Waals surface area contributed by atoms with Crippen LogP contribution in [-0.2, 0) is 9.53 Å². The smallest absolute Gasteiger partial charge is 0.222 e. The van der Waals surface area contributed by atoms with Crippen molar-refractivity contribution in [3.05, 3.63) is 0 Å². The van der Waals surface area contributed by atoms with E-state index >= 15 is 0 Å². The number of piperidine rings is 1. The first-order valence-electron chi connectivity index (χ1n) is 8.32. The second-order valence-corrected chi connectivity index (χ2v) is 6.49. The third kappa shape index (κ3) is 6.13. The Morgan fingerprint density at radius 1 is 1.10 bits per heavy atom. The number of nitrogens with zero attached hydrogens (tertiary/aromatic N) is 1. The highest BCUT2D eigenvalue weighted by Crippen LogP contribution is 2.28. The molecule has 0 spiro atoms. The molecule has 2 N–H and O–H groups in total. The van der Waals surface area contributed by atoms with Crippen molar-refractivity contribution in [3.8, 4) is 0 Å². The van der Waals surface area contributed by atoms with E-state index in [9.17, 15) is 4.79 Å². The SMILES string of the molecule is CC1CCC(OC2CCN(C(=O)CCCN)CC2)CC1.Cl. The molecular weight excluding hydrogens is 288 g/mol. The molecule has 2 aliphatic rings. The average molecular weight is 319 g/mol. The summed E-state index contributed by atoms with van der Waals surface area (Å²) in [5, 5.41) is 0. The van der Waals surface area contributed by atoms with E-state index in [0.717, 1.165) is 38.3 Å². The molecule has 1 amide bonds. The third-order valence-corrected chi connectivity index (χ3v) is 4.74. The van der Waals surface area contributed by atoms with Crippen molar-refractivity contribution in [2.24, 2.45) is 11.7 Å². The fourth-order valence-corrected chi connectivity index (χ4v) is 3.29. The van der Waals surface area contributed by atoms with E-state index in [4.69, 9.17) is 10.5 Å². The molecule has 0 unspecified atom stereocenters. The molecule has 1 aliphatic carbocycles. The molecule has 21 heavy (non-hydrogen) atoms. The van der Waals surface area contributed by atoms with Crippen LogP contribution in [0.2, 0.25) is 0 Å². The van der Waals surface area contributed by atoms with Crippen molar-refractivity contribution in [3.63, 3.8) is 0 Å². The summed E-state index contributed by atoms with van der Waals surface area (Å²) in [5.74, 6) is 1.14. The number of hydrogen-bond acceptors (Lipinski definition) is 3. The molecule has 2 rings (SSSR count). The number of amides is 1. The summed E-state index contributed by atoms with van der Waals surface area (Å²) < 4.78 is 6.23. The second-order valence-electron chi connectivity index (χ2n) is 6.49. The number of ether oxygens (including phenoxy) is 1. The Labute approximate surface area is 135 Å². The van der Waals surface area contributed by atoms with Gasteiger partial charge in [0.25, 0.3) is 0 Å². The number of rotatable bonds is 5. The quantitative estimate of drug-likeness (QED) is 0.848. The molecule has 0 aromatic carbocycles. The summed E-state index contributed by atoms with van der Waals surface area (Å²) in [7, 11) is 0. The molecule has 0 bridgehead atoms. The molecule has 1 heterocycles. The topological polar surface area (TPSA) is 55.6 Å². The Morgan fingerprint density at radius 2 is 1.67 bits per heavy atom. The zero-order valence-electron chi connectivity index (χ0n) is 13.3. The van der Waals surface area contributed by atoms with Crippen LogP contribution >= 0.6 is 12.4 Å². The Kier molecular flexibility index (Phi) is 8.60. The normalized spacial score (nSPS) is 27.2. The van der Waals surface area contributed by atoms with Crippen LogP contribution in [-0.4, -0.2) is 42.6 Å². The molecule has 1 saturated heterocycles. The molecule has 0 radical (unpaired) electrons. The molecule has 1 saturated carbocycles. The van der Waals surface area contributed by atoms with Gasteiger partial charge in [-0.05, 0) is 57.4 Å². The molecule has 1 aliphatic heterocycles. The van der Waals surface area contributed by atoms with Crippen LogP contribution in [0.25, 0.3) is 0 Å². The number of halogens is 1. The number of carbonyl (C=O) groups excluding carboxylic acids is 1. The van der Waals surface area contributed by atoms with Gasteiger partial charge in [0.15, 0.2) is 0 Å². The molecule has 0 aromatic heterocycles. The lowest BCUT2D eigenvalue weighted by Crippen LogP contribution is -2.42. The number of hydrogen-bond donors (Lipinski definition) is 1. The van der Waals surface area contributed by atoms with Gasteiger partial charge in [-0.3, -0.25) is 4.79 Å². The highest BCUT2D eigenvalue weighted by molar-refractivity contribution is 5.85. The standard InChI is InChI=1S/C16H30N2O2.ClH/c1-13-4-6-14(7-5-13)20-15-8-11-18(12-9-15)16(19)3-2-10-17;/h13-15H,2-12,17H2,1H3;1H. The van der Waals surface area contributed by atoms with Gasteiger partial charge in [0.1, 0.15) is 0 Å². The van der Waals surface area contributed by atoms with E-state index in [-0.39, 0.29) is 18.3 Å². The summed E-state index contributed by atoms with van der Waals surface area (Å²) in [6.07, 6.45) is 9.29. The van der Waals surface area contributed by atoms with Crippen LogP contribution in [0.5, 0.6) is 0 Å². The minimum absolute atomic E-state index is 0. The van der Waals surface area contributed by atoms with Gasteiger partial charge in [-0.25, -0.2) is 0 Å². The number of carbonyl (C=O) groups is 1. The maximum Gasteiger partial charge on any atom is 0.222 e. The number of nitrogens with two attached hydrogens (primary N) is 1. The first kappa shape index (κ1) is 18.7. The van der Waals surface area contributed by atoms with Gasteiger partial charge in [-0.2, -0.15) is 0 Å². The van der Waals surface area contributed by atoms with Gasteiger partial charge in [0, 0.05) is 19.5 Å². The molecular formula is C16H31ClN2O2. The molecule has 5 heteroatoms.